The minimum absolute atomic E-state index is 0.00883. The number of aliphatic hydroxyl groups is 1. The first-order chi connectivity index (χ1) is 9.10. The van der Waals surface area contributed by atoms with Crippen molar-refractivity contribution in [3.63, 3.8) is 0 Å². The van der Waals surface area contributed by atoms with Crippen molar-refractivity contribution in [3.05, 3.63) is 0 Å². The Bertz CT molecular complexity index is 327. The van der Waals surface area contributed by atoms with Crippen molar-refractivity contribution in [2.75, 3.05) is 13.2 Å². The van der Waals surface area contributed by atoms with Crippen molar-refractivity contribution in [2.24, 2.45) is 11.3 Å². The van der Waals surface area contributed by atoms with E-state index in [2.05, 4.69) is 0 Å². The van der Waals surface area contributed by atoms with Crippen molar-refractivity contribution in [1.29, 1.82) is 0 Å². The molecule has 1 heterocycles. The molecule has 0 aromatic rings. The van der Waals surface area contributed by atoms with Crippen LogP contribution in [0.4, 0.5) is 0 Å². The van der Waals surface area contributed by atoms with Gasteiger partial charge in [-0.1, -0.05) is 26.2 Å². The predicted octanol–water partition coefficient (Wildman–Crippen LogP) is 2.10. The fourth-order valence-electron chi connectivity index (χ4n) is 3.58. The maximum atomic E-state index is 12.3. The van der Waals surface area contributed by atoms with E-state index in [4.69, 9.17) is 5.11 Å². The summed E-state index contributed by atoms with van der Waals surface area (Å²) in [6, 6.07) is 0. The first kappa shape index (κ1) is 14.5. The van der Waals surface area contributed by atoms with Gasteiger partial charge < -0.3 is 5.11 Å². The summed E-state index contributed by atoms with van der Waals surface area (Å²) in [6.07, 6.45) is 7.04. The molecule has 2 aliphatic rings. The molecule has 1 saturated carbocycles. The van der Waals surface area contributed by atoms with Crippen molar-refractivity contribution in [3.8, 4) is 0 Å². The lowest BCUT2D eigenvalue weighted by Gasteiger charge is -2.38. The number of carbonyl (C=O) groups is 2. The summed E-state index contributed by atoms with van der Waals surface area (Å²) < 4.78 is 0. The summed E-state index contributed by atoms with van der Waals surface area (Å²) >= 11 is 0. The van der Waals surface area contributed by atoms with E-state index in [1.54, 1.807) is 0 Å². The fraction of sp³-hybridized carbons (Fsp3) is 0.867. The second-order valence-corrected chi connectivity index (χ2v) is 6.25. The Balaban J connectivity index is 1.99. The van der Waals surface area contributed by atoms with Crippen LogP contribution in [0.3, 0.4) is 0 Å². The molecule has 4 nitrogen and oxygen atoms in total. The minimum atomic E-state index is -0.0106. The molecule has 0 aromatic carbocycles. The lowest BCUT2D eigenvalue weighted by Crippen LogP contribution is -2.48. The summed E-state index contributed by atoms with van der Waals surface area (Å²) in [5, 5.41) is 9.01. The van der Waals surface area contributed by atoms with Crippen LogP contribution in [0.1, 0.15) is 58.3 Å². The van der Waals surface area contributed by atoms with Crippen LogP contribution in [0.5, 0.6) is 0 Å². The second-order valence-electron chi connectivity index (χ2n) is 6.25. The van der Waals surface area contributed by atoms with Crippen molar-refractivity contribution < 1.29 is 14.7 Å². The van der Waals surface area contributed by atoms with Gasteiger partial charge in [0.1, 0.15) is 0 Å². The molecule has 1 aliphatic heterocycles. The highest BCUT2D eigenvalue weighted by molar-refractivity contribution is 5.98. The summed E-state index contributed by atoms with van der Waals surface area (Å²) in [5.41, 5.74) is -0.0106. The summed E-state index contributed by atoms with van der Waals surface area (Å²) in [7, 11) is 0. The third-order valence-electron chi connectivity index (χ3n) is 4.87. The first-order valence-corrected chi connectivity index (χ1v) is 7.54. The molecule has 19 heavy (non-hydrogen) atoms. The van der Waals surface area contributed by atoms with E-state index in [0.29, 0.717) is 25.8 Å². The van der Waals surface area contributed by atoms with Gasteiger partial charge in [-0.2, -0.15) is 0 Å². The molecule has 0 aromatic heterocycles. The van der Waals surface area contributed by atoms with E-state index in [0.717, 1.165) is 32.1 Å². The minimum Gasteiger partial charge on any atom is -0.396 e. The first-order valence-electron chi connectivity index (χ1n) is 7.54. The zero-order chi connectivity index (χ0) is 13.9. The number of hydrogen-bond acceptors (Lipinski definition) is 3. The summed E-state index contributed by atoms with van der Waals surface area (Å²) in [6.45, 7) is 2.65. The van der Waals surface area contributed by atoms with Crippen LogP contribution in [0.15, 0.2) is 0 Å². The Morgan fingerprint density at radius 1 is 1.21 bits per heavy atom. The number of hydrogen-bond donors (Lipinski definition) is 1. The van der Waals surface area contributed by atoms with Crippen LogP contribution in [0.2, 0.25) is 0 Å². The highest BCUT2D eigenvalue weighted by Gasteiger charge is 2.45. The number of aliphatic hydroxyl groups excluding tert-OH is 1. The zero-order valence-corrected chi connectivity index (χ0v) is 11.9. The Labute approximate surface area is 115 Å². The van der Waals surface area contributed by atoms with Crippen LogP contribution < -0.4 is 0 Å². The van der Waals surface area contributed by atoms with Crippen molar-refractivity contribution >= 4 is 11.8 Å². The van der Waals surface area contributed by atoms with Crippen molar-refractivity contribution in [2.45, 2.75) is 58.3 Å². The quantitative estimate of drug-likeness (QED) is 0.776. The number of amides is 2. The van der Waals surface area contributed by atoms with Gasteiger partial charge in [-0.3, -0.25) is 14.5 Å². The van der Waals surface area contributed by atoms with E-state index < -0.39 is 0 Å². The molecule has 0 radical (unpaired) electrons. The maximum absolute atomic E-state index is 12.3. The molecule has 2 rings (SSSR count). The smallest absolute Gasteiger partial charge is 0.229 e. The average molecular weight is 267 g/mol. The van der Waals surface area contributed by atoms with Gasteiger partial charge in [0, 0.05) is 26.0 Å². The number of piperidine rings is 1. The normalized spacial score (nSPS) is 24.2. The van der Waals surface area contributed by atoms with Gasteiger partial charge in [-0.25, -0.2) is 0 Å². The fourth-order valence-corrected chi connectivity index (χ4v) is 3.58. The summed E-state index contributed by atoms with van der Waals surface area (Å²) in [4.78, 5) is 26.0. The van der Waals surface area contributed by atoms with Gasteiger partial charge in [0.2, 0.25) is 11.8 Å². The van der Waals surface area contributed by atoms with Crippen LogP contribution >= 0.6 is 0 Å². The lowest BCUT2D eigenvalue weighted by atomic mass is 9.76. The Morgan fingerprint density at radius 2 is 1.79 bits per heavy atom. The molecule has 4 heteroatoms. The van der Waals surface area contributed by atoms with Gasteiger partial charge in [0.15, 0.2) is 0 Å². The van der Waals surface area contributed by atoms with Crippen LogP contribution in [-0.4, -0.2) is 35.0 Å². The summed E-state index contributed by atoms with van der Waals surface area (Å²) in [5.74, 6) is 0.250. The Kier molecular flexibility index (Phi) is 4.61. The standard InChI is InChI=1S/C15H25NO3/c1-2-12(5-8-17)11-16-13(18)9-15(10-14(16)19)6-3-4-7-15/h12,17H,2-11H2,1H3. The highest BCUT2D eigenvalue weighted by atomic mass is 16.3. The molecular formula is C15H25NO3. The lowest BCUT2D eigenvalue weighted by molar-refractivity contribution is -0.154. The topological polar surface area (TPSA) is 57.6 Å². The van der Waals surface area contributed by atoms with Gasteiger partial charge in [0.25, 0.3) is 0 Å². The predicted molar refractivity (Wildman–Crippen MR) is 72.3 cm³/mol. The number of carbonyl (C=O) groups excluding carboxylic acids is 2. The molecular weight excluding hydrogens is 242 g/mol. The zero-order valence-electron chi connectivity index (χ0n) is 11.9. The molecule has 0 bridgehead atoms. The number of nitrogens with zero attached hydrogens (tertiary/aromatic N) is 1. The molecule has 2 fully saturated rings. The largest absolute Gasteiger partial charge is 0.396 e. The average Bonchev–Trinajstić information content (AvgIpc) is 2.80. The number of rotatable bonds is 5. The third-order valence-corrected chi connectivity index (χ3v) is 4.87. The van der Waals surface area contributed by atoms with Crippen LogP contribution in [0, 0.1) is 11.3 Å². The van der Waals surface area contributed by atoms with Gasteiger partial charge >= 0.3 is 0 Å². The van der Waals surface area contributed by atoms with E-state index >= 15 is 0 Å². The molecule has 1 atom stereocenters. The Hall–Kier alpha value is -0.900. The van der Waals surface area contributed by atoms with E-state index in [1.807, 2.05) is 6.92 Å². The monoisotopic (exact) mass is 267 g/mol. The van der Waals surface area contributed by atoms with Crippen LogP contribution in [0.25, 0.3) is 0 Å². The molecule has 1 N–H and O–H groups in total. The highest BCUT2D eigenvalue weighted by Crippen LogP contribution is 2.47. The van der Waals surface area contributed by atoms with E-state index in [1.165, 1.54) is 4.90 Å². The molecule has 1 aliphatic carbocycles. The number of imide groups is 1. The molecule has 1 saturated heterocycles. The van der Waals surface area contributed by atoms with Gasteiger partial charge in [0.05, 0.1) is 0 Å². The second kappa shape index (κ2) is 6.04. The SMILES string of the molecule is CCC(CCO)CN1C(=O)CC2(CCCC2)CC1=O. The molecule has 1 unspecified atom stereocenters. The van der Waals surface area contributed by atoms with Crippen LogP contribution in [-0.2, 0) is 9.59 Å². The molecule has 2 amide bonds. The van der Waals surface area contributed by atoms with Gasteiger partial charge in [-0.15, -0.1) is 0 Å². The molecule has 1 spiro atoms. The molecule has 108 valence electrons. The van der Waals surface area contributed by atoms with Crippen molar-refractivity contribution in [1.82, 2.24) is 4.90 Å². The number of likely N-dealkylation sites (tertiary alicyclic amines) is 1. The third kappa shape index (κ3) is 3.16. The van der Waals surface area contributed by atoms with E-state index in [-0.39, 0.29) is 29.8 Å². The maximum Gasteiger partial charge on any atom is 0.229 e. The van der Waals surface area contributed by atoms with E-state index in [9.17, 15) is 9.59 Å². The Morgan fingerprint density at radius 3 is 2.26 bits per heavy atom. The van der Waals surface area contributed by atoms with Gasteiger partial charge in [-0.05, 0) is 30.6 Å².